The van der Waals surface area contributed by atoms with Crippen molar-refractivity contribution in [3.8, 4) is 0 Å². The molecule has 0 heterocycles. The second-order valence-corrected chi connectivity index (χ2v) is 5.41. The number of hydrogen-bond acceptors (Lipinski definition) is 3. The summed E-state index contributed by atoms with van der Waals surface area (Å²) < 4.78 is 0. The average Bonchev–Trinajstić information content (AvgIpc) is 2.45. The topological polar surface area (TPSA) is 77.8 Å². The number of rotatable bonds is 13. The predicted molar refractivity (Wildman–Crippen MR) is 89.7 cm³/mol. The molecule has 0 amide bonds. The fourth-order valence-corrected chi connectivity index (χ4v) is 1.90. The lowest BCUT2D eigenvalue weighted by atomic mass is 10.1. The Bertz CT molecular complexity index is 358. The Morgan fingerprint density at radius 2 is 1.82 bits per heavy atom. The molecule has 2 atom stereocenters. The number of aliphatic hydroxyl groups is 2. The summed E-state index contributed by atoms with van der Waals surface area (Å²) in [4.78, 5) is 10.3. The van der Waals surface area contributed by atoms with Crippen LogP contribution in [-0.2, 0) is 4.79 Å². The number of carbonyl (C=O) groups is 1. The molecule has 0 aliphatic rings. The third-order valence-electron chi connectivity index (χ3n) is 3.18. The number of aliphatic carboxylic acids is 1. The van der Waals surface area contributed by atoms with Crippen LogP contribution in [-0.4, -0.2) is 33.5 Å². The van der Waals surface area contributed by atoms with Crippen LogP contribution >= 0.6 is 0 Å². The van der Waals surface area contributed by atoms with Gasteiger partial charge in [-0.15, -0.1) is 0 Å². The number of carboxylic acid groups (broad SMARTS) is 1. The summed E-state index contributed by atoms with van der Waals surface area (Å²) in [5, 5.41) is 27.5. The van der Waals surface area contributed by atoms with Crippen LogP contribution in [0.2, 0.25) is 0 Å². The molecule has 0 aromatic heterocycles. The van der Waals surface area contributed by atoms with Gasteiger partial charge < -0.3 is 15.3 Å². The van der Waals surface area contributed by atoms with Crippen LogP contribution in [0.4, 0.5) is 0 Å². The third kappa shape index (κ3) is 15.0. The van der Waals surface area contributed by atoms with Crippen LogP contribution < -0.4 is 0 Å². The molecule has 0 bridgehead atoms. The highest BCUT2D eigenvalue weighted by Crippen LogP contribution is 2.06. The molecule has 4 nitrogen and oxygen atoms in total. The van der Waals surface area contributed by atoms with Crippen molar-refractivity contribution in [2.24, 2.45) is 0 Å². The summed E-state index contributed by atoms with van der Waals surface area (Å²) >= 11 is 0. The molecule has 0 aromatic carbocycles. The summed E-state index contributed by atoms with van der Waals surface area (Å²) in [6.07, 6.45) is 16.3. The lowest BCUT2D eigenvalue weighted by Crippen LogP contribution is -2.09. The van der Waals surface area contributed by atoms with Gasteiger partial charge >= 0.3 is 5.97 Å². The van der Waals surface area contributed by atoms with E-state index in [0.717, 1.165) is 12.8 Å². The standard InChI is InChI=1S/C18H30O4/c1-2-3-4-5-6-9-12-16(19)13-10-7-8-11-14-17(20)15-18(21)22/h6-9,11,14,16-17,19-20H,2-5,10,12-13,15H2,1H3,(H,21,22)/b8-7+,9-6+,14-11+. The highest BCUT2D eigenvalue weighted by atomic mass is 16.4. The summed E-state index contributed by atoms with van der Waals surface area (Å²) in [5.41, 5.74) is 0. The number of aliphatic hydroxyl groups excluding tert-OH is 2. The van der Waals surface area contributed by atoms with Gasteiger partial charge in [0.1, 0.15) is 0 Å². The Morgan fingerprint density at radius 1 is 1.05 bits per heavy atom. The SMILES string of the molecule is CCCCC/C=C/CC(O)CC/C=C/C=C/C(O)CC(=O)O. The molecule has 2 unspecified atom stereocenters. The number of hydrogen-bond donors (Lipinski definition) is 3. The molecule has 22 heavy (non-hydrogen) atoms. The van der Waals surface area contributed by atoms with Crippen LogP contribution in [0.5, 0.6) is 0 Å². The zero-order chi connectivity index (χ0) is 16.6. The van der Waals surface area contributed by atoms with E-state index in [1.54, 1.807) is 12.2 Å². The van der Waals surface area contributed by atoms with Crippen molar-refractivity contribution in [2.75, 3.05) is 0 Å². The Balaban J connectivity index is 3.66. The van der Waals surface area contributed by atoms with Crippen LogP contribution in [0.3, 0.4) is 0 Å². The first-order valence-electron chi connectivity index (χ1n) is 8.12. The first-order valence-corrected chi connectivity index (χ1v) is 8.12. The summed E-state index contributed by atoms with van der Waals surface area (Å²) in [5.74, 6) is -1.02. The highest BCUT2D eigenvalue weighted by Gasteiger charge is 2.03. The molecule has 0 aliphatic carbocycles. The third-order valence-corrected chi connectivity index (χ3v) is 3.18. The van der Waals surface area contributed by atoms with Gasteiger partial charge in [-0.3, -0.25) is 4.79 Å². The predicted octanol–water partition coefficient (Wildman–Crippen LogP) is 3.60. The number of allylic oxidation sites excluding steroid dienone is 4. The van der Waals surface area contributed by atoms with Crippen molar-refractivity contribution in [1.29, 1.82) is 0 Å². The maximum atomic E-state index is 10.3. The Morgan fingerprint density at radius 3 is 2.50 bits per heavy atom. The van der Waals surface area contributed by atoms with Gasteiger partial charge in [-0.1, -0.05) is 56.2 Å². The molecule has 0 saturated carbocycles. The zero-order valence-corrected chi connectivity index (χ0v) is 13.5. The minimum absolute atomic E-state index is 0.284. The molecule has 0 radical (unpaired) electrons. The maximum Gasteiger partial charge on any atom is 0.306 e. The molecule has 3 N–H and O–H groups in total. The minimum atomic E-state index is -1.02. The van der Waals surface area contributed by atoms with Crippen molar-refractivity contribution in [1.82, 2.24) is 0 Å². The lowest BCUT2D eigenvalue weighted by molar-refractivity contribution is -0.138. The fourth-order valence-electron chi connectivity index (χ4n) is 1.90. The van der Waals surface area contributed by atoms with Crippen LogP contribution in [0.1, 0.15) is 58.3 Å². The van der Waals surface area contributed by atoms with Crippen molar-refractivity contribution >= 4 is 5.97 Å². The molecule has 0 saturated heterocycles. The van der Waals surface area contributed by atoms with E-state index in [9.17, 15) is 15.0 Å². The maximum absolute atomic E-state index is 10.3. The molecule has 0 rings (SSSR count). The largest absolute Gasteiger partial charge is 0.481 e. The van der Waals surface area contributed by atoms with Crippen molar-refractivity contribution in [2.45, 2.75) is 70.5 Å². The summed E-state index contributed by atoms with van der Waals surface area (Å²) in [6, 6.07) is 0. The van der Waals surface area contributed by atoms with E-state index in [2.05, 4.69) is 13.0 Å². The van der Waals surface area contributed by atoms with Crippen molar-refractivity contribution < 1.29 is 20.1 Å². The van der Waals surface area contributed by atoms with Gasteiger partial charge in [-0.05, 0) is 32.1 Å². The molecule has 0 fully saturated rings. The molecule has 0 aromatic rings. The number of carboxylic acids is 1. The normalized spacial score (nSPS) is 15.0. The average molecular weight is 310 g/mol. The second-order valence-electron chi connectivity index (χ2n) is 5.41. The first-order chi connectivity index (χ1) is 10.6. The molecule has 0 aliphatic heterocycles. The molecule has 126 valence electrons. The molecular formula is C18H30O4. The van der Waals surface area contributed by atoms with Crippen LogP contribution in [0, 0.1) is 0 Å². The molecular weight excluding hydrogens is 280 g/mol. The van der Waals surface area contributed by atoms with E-state index in [0.29, 0.717) is 12.8 Å². The van der Waals surface area contributed by atoms with Crippen LogP contribution in [0.25, 0.3) is 0 Å². The van der Waals surface area contributed by atoms with E-state index >= 15 is 0 Å². The van der Waals surface area contributed by atoms with E-state index in [1.807, 2.05) is 12.2 Å². The Kier molecular flexibility index (Phi) is 13.6. The van der Waals surface area contributed by atoms with Gasteiger partial charge in [-0.2, -0.15) is 0 Å². The Hall–Kier alpha value is -1.39. The van der Waals surface area contributed by atoms with E-state index in [1.165, 1.54) is 25.3 Å². The number of unbranched alkanes of at least 4 members (excludes halogenated alkanes) is 3. The van der Waals surface area contributed by atoms with Gasteiger partial charge in [-0.25, -0.2) is 0 Å². The fraction of sp³-hybridized carbons (Fsp3) is 0.611. The zero-order valence-electron chi connectivity index (χ0n) is 13.5. The molecule has 4 heteroatoms. The smallest absolute Gasteiger partial charge is 0.306 e. The minimum Gasteiger partial charge on any atom is -0.481 e. The summed E-state index contributed by atoms with van der Waals surface area (Å²) in [6.45, 7) is 2.18. The Labute approximate surface area is 133 Å². The van der Waals surface area contributed by atoms with Gasteiger partial charge in [0.15, 0.2) is 0 Å². The van der Waals surface area contributed by atoms with Gasteiger partial charge in [0.05, 0.1) is 18.6 Å². The monoisotopic (exact) mass is 310 g/mol. The van der Waals surface area contributed by atoms with E-state index < -0.39 is 12.1 Å². The highest BCUT2D eigenvalue weighted by molar-refractivity contribution is 5.67. The van der Waals surface area contributed by atoms with Crippen molar-refractivity contribution in [3.63, 3.8) is 0 Å². The van der Waals surface area contributed by atoms with E-state index in [4.69, 9.17) is 5.11 Å². The van der Waals surface area contributed by atoms with E-state index in [-0.39, 0.29) is 12.5 Å². The van der Waals surface area contributed by atoms with Gasteiger partial charge in [0.25, 0.3) is 0 Å². The van der Waals surface area contributed by atoms with Gasteiger partial charge in [0.2, 0.25) is 0 Å². The summed E-state index contributed by atoms with van der Waals surface area (Å²) in [7, 11) is 0. The first kappa shape index (κ1) is 20.6. The molecule has 0 spiro atoms. The van der Waals surface area contributed by atoms with Gasteiger partial charge in [0, 0.05) is 0 Å². The van der Waals surface area contributed by atoms with Crippen LogP contribution in [0.15, 0.2) is 36.5 Å². The second kappa shape index (κ2) is 14.5. The lowest BCUT2D eigenvalue weighted by Gasteiger charge is -2.05. The quantitative estimate of drug-likeness (QED) is 0.276. The van der Waals surface area contributed by atoms with Crippen molar-refractivity contribution in [3.05, 3.63) is 36.5 Å².